The Kier molecular flexibility index (Phi) is 5.00. The quantitative estimate of drug-likeness (QED) is 0.341. The topological polar surface area (TPSA) is 71.5 Å². The molecule has 0 aliphatic rings. The average molecular weight is 421 g/mol. The van der Waals surface area contributed by atoms with E-state index in [2.05, 4.69) is 42.0 Å². The molecule has 1 heterocycles. The highest BCUT2D eigenvalue weighted by molar-refractivity contribution is 9.10. The van der Waals surface area contributed by atoms with E-state index in [1.807, 2.05) is 6.07 Å². The Hall–Kier alpha value is -1.12. The predicted octanol–water partition coefficient (Wildman–Crippen LogP) is 3.99. The van der Waals surface area contributed by atoms with Crippen molar-refractivity contribution in [3.05, 3.63) is 50.8 Å². The molecule has 1 aromatic carbocycles. The van der Waals surface area contributed by atoms with E-state index in [4.69, 9.17) is 10.9 Å². The van der Waals surface area contributed by atoms with Crippen molar-refractivity contribution in [3.63, 3.8) is 0 Å². The van der Waals surface area contributed by atoms with E-state index in [9.17, 15) is 4.39 Å². The summed E-state index contributed by atoms with van der Waals surface area (Å²) in [6.07, 6.45) is 1.63. The van der Waals surface area contributed by atoms with Crippen molar-refractivity contribution in [1.29, 1.82) is 0 Å². The predicted molar refractivity (Wildman–Crippen MR) is 82.7 cm³/mol. The van der Waals surface area contributed by atoms with Crippen LogP contribution in [0.25, 0.3) is 0 Å². The molecule has 0 fully saturated rings. The number of hydrogen-bond donors (Lipinski definition) is 2. The van der Waals surface area contributed by atoms with Crippen LogP contribution >= 0.6 is 43.6 Å². The summed E-state index contributed by atoms with van der Waals surface area (Å²) in [5.41, 5.74) is 5.75. The van der Waals surface area contributed by atoms with Crippen LogP contribution in [-0.4, -0.2) is 16.0 Å². The smallest absolute Gasteiger partial charge is 0.171 e. The molecule has 0 aliphatic heterocycles. The van der Waals surface area contributed by atoms with Gasteiger partial charge in [-0.05, 0) is 56.1 Å². The van der Waals surface area contributed by atoms with Gasteiger partial charge in [0.05, 0.1) is 13.8 Å². The molecule has 0 radical (unpaired) electrons. The van der Waals surface area contributed by atoms with Crippen LogP contribution in [0.4, 0.5) is 4.39 Å². The molecule has 3 N–H and O–H groups in total. The Morgan fingerprint density at radius 1 is 1.35 bits per heavy atom. The Balaban J connectivity index is 2.40. The first-order chi connectivity index (χ1) is 9.54. The number of hydrogen-bond acceptors (Lipinski definition) is 4. The molecule has 0 amide bonds. The number of nitrogens with zero attached hydrogens (tertiary/aromatic N) is 2. The third-order valence-electron chi connectivity index (χ3n) is 2.36. The summed E-state index contributed by atoms with van der Waals surface area (Å²) in [5, 5.41) is 12.2. The van der Waals surface area contributed by atoms with Gasteiger partial charge in [0.2, 0.25) is 0 Å². The monoisotopic (exact) mass is 419 g/mol. The third-order valence-corrected chi connectivity index (χ3v) is 5.09. The molecule has 104 valence electrons. The number of halogens is 3. The van der Waals surface area contributed by atoms with E-state index < -0.39 is 5.82 Å². The summed E-state index contributed by atoms with van der Waals surface area (Å²) in [4.78, 5) is 4.54. The Labute approximate surface area is 135 Å². The van der Waals surface area contributed by atoms with Crippen LogP contribution in [0.3, 0.4) is 0 Å². The Morgan fingerprint density at radius 2 is 2.10 bits per heavy atom. The van der Waals surface area contributed by atoms with E-state index in [0.29, 0.717) is 9.92 Å². The van der Waals surface area contributed by atoms with Crippen LogP contribution in [-0.2, 0) is 0 Å². The fourth-order valence-electron chi connectivity index (χ4n) is 1.41. The molecule has 0 unspecified atom stereocenters. The lowest BCUT2D eigenvalue weighted by Gasteiger charge is -2.08. The van der Waals surface area contributed by atoms with Crippen molar-refractivity contribution >= 4 is 49.5 Å². The van der Waals surface area contributed by atoms with Crippen LogP contribution in [0, 0.1) is 5.82 Å². The number of benzene rings is 1. The summed E-state index contributed by atoms with van der Waals surface area (Å²) in [6, 6.07) is 6.73. The molecule has 0 aliphatic carbocycles. The minimum absolute atomic E-state index is 0.143. The van der Waals surface area contributed by atoms with Gasteiger partial charge in [-0.15, -0.1) is 0 Å². The molecule has 0 saturated heterocycles. The van der Waals surface area contributed by atoms with E-state index in [-0.39, 0.29) is 15.9 Å². The van der Waals surface area contributed by atoms with Crippen molar-refractivity contribution in [3.8, 4) is 0 Å². The maximum absolute atomic E-state index is 14.3. The standard InChI is InChI=1S/C12H8Br2FN3OS/c13-7-2-1-5-17-12(7)20-8-4-3-6(11(16)18-19)9(14)10(8)15/h1-5,19H,(H2,16,18). The van der Waals surface area contributed by atoms with E-state index in [0.717, 1.165) is 4.47 Å². The fraction of sp³-hybridized carbons (Fsp3) is 0. The number of rotatable bonds is 3. The first-order valence-corrected chi connectivity index (χ1v) is 7.69. The fourth-order valence-corrected chi connectivity index (χ4v) is 3.41. The van der Waals surface area contributed by atoms with Crippen molar-refractivity contribution in [2.24, 2.45) is 10.9 Å². The molecule has 0 bridgehead atoms. The number of aromatic nitrogens is 1. The molecule has 0 spiro atoms. The van der Waals surface area contributed by atoms with E-state index in [1.165, 1.54) is 11.8 Å². The van der Waals surface area contributed by atoms with Crippen LogP contribution < -0.4 is 5.73 Å². The second-order valence-electron chi connectivity index (χ2n) is 3.62. The third kappa shape index (κ3) is 3.13. The van der Waals surface area contributed by atoms with Gasteiger partial charge >= 0.3 is 0 Å². The lowest BCUT2D eigenvalue weighted by atomic mass is 10.2. The maximum Gasteiger partial charge on any atom is 0.171 e. The highest BCUT2D eigenvalue weighted by Crippen LogP contribution is 2.36. The molecule has 2 rings (SSSR count). The van der Waals surface area contributed by atoms with Gasteiger partial charge in [0, 0.05) is 11.8 Å². The largest absolute Gasteiger partial charge is 0.409 e. The van der Waals surface area contributed by atoms with Gasteiger partial charge in [0.1, 0.15) is 5.03 Å². The van der Waals surface area contributed by atoms with Gasteiger partial charge in [0.15, 0.2) is 11.7 Å². The minimum atomic E-state index is -0.489. The number of amidine groups is 1. The van der Waals surface area contributed by atoms with Crippen molar-refractivity contribution < 1.29 is 9.60 Å². The summed E-state index contributed by atoms with van der Waals surface area (Å²) in [5.74, 6) is -0.650. The normalized spacial score (nSPS) is 11.7. The van der Waals surface area contributed by atoms with Crippen molar-refractivity contribution in [2.75, 3.05) is 0 Å². The van der Waals surface area contributed by atoms with Gasteiger partial charge in [-0.2, -0.15) is 0 Å². The molecular formula is C12H8Br2FN3OS. The zero-order valence-corrected chi connectivity index (χ0v) is 13.8. The molecular weight excluding hydrogens is 413 g/mol. The first-order valence-electron chi connectivity index (χ1n) is 5.29. The Bertz CT molecular complexity index is 682. The second-order valence-corrected chi connectivity index (χ2v) is 6.29. The van der Waals surface area contributed by atoms with E-state index in [1.54, 1.807) is 24.4 Å². The van der Waals surface area contributed by atoms with Crippen molar-refractivity contribution in [1.82, 2.24) is 4.98 Å². The van der Waals surface area contributed by atoms with Crippen LogP contribution in [0.5, 0.6) is 0 Å². The molecule has 8 heteroatoms. The molecule has 0 atom stereocenters. The van der Waals surface area contributed by atoms with Crippen molar-refractivity contribution in [2.45, 2.75) is 9.92 Å². The highest BCUT2D eigenvalue weighted by atomic mass is 79.9. The van der Waals surface area contributed by atoms with Gasteiger partial charge in [-0.25, -0.2) is 9.37 Å². The van der Waals surface area contributed by atoms with E-state index >= 15 is 0 Å². The highest BCUT2D eigenvalue weighted by Gasteiger charge is 2.16. The minimum Gasteiger partial charge on any atom is -0.409 e. The van der Waals surface area contributed by atoms with Crippen LogP contribution in [0.1, 0.15) is 5.56 Å². The lowest BCUT2D eigenvalue weighted by molar-refractivity contribution is 0.318. The van der Waals surface area contributed by atoms with Crippen LogP contribution in [0.2, 0.25) is 0 Å². The second kappa shape index (κ2) is 6.55. The zero-order chi connectivity index (χ0) is 14.7. The molecule has 20 heavy (non-hydrogen) atoms. The van der Waals surface area contributed by atoms with Gasteiger partial charge in [-0.1, -0.05) is 16.9 Å². The number of pyridine rings is 1. The van der Waals surface area contributed by atoms with Gasteiger partial charge < -0.3 is 10.9 Å². The molecule has 2 aromatic rings. The number of nitrogens with two attached hydrogens (primary N) is 1. The summed E-state index contributed by atoms with van der Waals surface area (Å²) >= 11 is 7.64. The summed E-state index contributed by atoms with van der Waals surface area (Å²) < 4.78 is 15.2. The molecule has 0 saturated carbocycles. The average Bonchev–Trinajstić information content (AvgIpc) is 2.45. The lowest BCUT2D eigenvalue weighted by Crippen LogP contribution is -2.14. The molecule has 4 nitrogen and oxygen atoms in total. The van der Waals surface area contributed by atoms with Gasteiger partial charge in [-0.3, -0.25) is 0 Å². The SMILES string of the molecule is N/C(=N/O)c1ccc(Sc2ncccc2Br)c(F)c1Br. The summed E-state index contributed by atoms with van der Waals surface area (Å²) in [6.45, 7) is 0. The zero-order valence-electron chi connectivity index (χ0n) is 9.85. The maximum atomic E-state index is 14.3. The Morgan fingerprint density at radius 3 is 2.75 bits per heavy atom. The first kappa shape index (κ1) is 15.3. The van der Waals surface area contributed by atoms with Crippen LogP contribution in [0.15, 0.2) is 54.5 Å². The molecule has 1 aromatic heterocycles. The number of oxime groups is 1. The summed E-state index contributed by atoms with van der Waals surface area (Å²) in [7, 11) is 0. The van der Waals surface area contributed by atoms with Gasteiger partial charge in [0.25, 0.3) is 0 Å².